The highest BCUT2D eigenvalue weighted by molar-refractivity contribution is 6.13. The van der Waals surface area contributed by atoms with Crippen molar-refractivity contribution in [2.24, 2.45) is 5.73 Å². The molecule has 0 atom stereocenters. The van der Waals surface area contributed by atoms with E-state index in [0.717, 1.165) is 38.6 Å². The summed E-state index contributed by atoms with van der Waals surface area (Å²) in [7, 11) is 0. The molecule has 1 heterocycles. The third-order valence-electron chi connectivity index (χ3n) is 9.44. The van der Waals surface area contributed by atoms with Gasteiger partial charge in [-0.05, 0) is 88.0 Å². The van der Waals surface area contributed by atoms with Crippen molar-refractivity contribution in [3.63, 3.8) is 0 Å². The number of fused-ring (bicyclic) bond motifs is 3. The molecule has 4 N–H and O–H groups in total. The number of nitrogens with two attached hydrogens (primary N) is 1. The zero-order valence-corrected chi connectivity index (χ0v) is 31.5. The van der Waals surface area contributed by atoms with Gasteiger partial charge in [-0.2, -0.15) is 0 Å². The Labute approximate surface area is 329 Å². The van der Waals surface area contributed by atoms with Gasteiger partial charge in [0.05, 0.1) is 0 Å². The molecule has 0 spiro atoms. The van der Waals surface area contributed by atoms with Crippen molar-refractivity contribution in [3.8, 4) is 44.5 Å². The highest BCUT2D eigenvalue weighted by Gasteiger charge is 2.12. The average Bonchev–Trinajstić information content (AvgIpc) is 3.67. The molecule has 8 aromatic carbocycles. The van der Waals surface area contributed by atoms with Crippen molar-refractivity contribution in [2.45, 2.75) is 13.5 Å². The third kappa shape index (κ3) is 9.31. The molecule has 4 nitrogen and oxygen atoms in total. The quantitative estimate of drug-likeness (QED) is 0.149. The van der Waals surface area contributed by atoms with Gasteiger partial charge in [0.15, 0.2) is 0 Å². The Bertz CT molecular complexity index is 2610. The van der Waals surface area contributed by atoms with E-state index in [-0.39, 0.29) is 0 Å². The molecule has 274 valence electrons. The SMILES string of the molecule is C=N.Cc1ccccc1.N=Cc1cccc2oc3ccc(-c4cccc(-c5ccc(-c6ccccc6-c6ccccc6)cc5)c4)cc3c12.NCc1ccccc1. The van der Waals surface area contributed by atoms with Gasteiger partial charge in [0.2, 0.25) is 0 Å². The first-order valence-electron chi connectivity index (χ1n) is 18.5. The minimum atomic E-state index is 0.640. The number of nitrogens with one attached hydrogen (secondary N) is 2. The maximum Gasteiger partial charge on any atom is 0.136 e. The number of furan rings is 1. The van der Waals surface area contributed by atoms with E-state index in [0.29, 0.717) is 6.54 Å². The Morgan fingerprint density at radius 3 is 1.54 bits per heavy atom. The van der Waals surface area contributed by atoms with E-state index in [4.69, 9.17) is 21.0 Å². The van der Waals surface area contributed by atoms with E-state index in [1.54, 1.807) is 0 Å². The second-order valence-electron chi connectivity index (χ2n) is 13.1. The lowest BCUT2D eigenvalue weighted by Gasteiger charge is -2.11. The fourth-order valence-corrected chi connectivity index (χ4v) is 6.63. The molecule has 0 bridgehead atoms. The molecule has 0 aliphatic rings. The topological polar surface area (TPSA) is 86.9 Å². The zero-order chi connectivity index (χ0) is 39.1. The number of benzene rings is 8. The minimum Gasteiger partial charge on any atom is -0.456 e. The Kier molecular flexibility index (Phi) is 13.3. The lowest BCUT2D eigenvalue weighted by atomic mass is 9.93. The molecule has 1 aromatic heterocycles. The van der Waals surface area contributed by atoms with E-state index in [2.05, 4.69) is 141 Å². The molecule has 4 heteroatoms. The van der Waals surface area contributed by atoms with Crippen molar-refractivity contribution in [1.29, 1.82) is 10.8 Å². The summed E-state index contributed by atoms with van der Waals surface area (Å²) in [6, 6.07) is 69.1. The maximum atomic E-state index is 7.84. The van der Waals surface area contributed by atoms with Gasteiger partial charge in [-0.15, -0.1) is 0 Å². The summed E-state index contributed by atoms with van der Waals surface area (Å²) >= 11 is 0. The molecule has 9 aromatic rings. The summed E-state index contributed by atoms with van der Waals surface area (Å²) in [5, 5.41) is 15.4. The predicted octanol–water partition coefficient (Wildman–Crippen LogP) is 13.7. The Morgan fingerprint density at radius 1 is 0.482 bits per heavy atom. The van der Waals surface area contributed by atoms with E-state index in [9.17, 15) is 0 Å². The molecule has 0 aliphatic carbocycles. The summed E-state index contributed by atoms with van der Waals surface area (Å²) < 4.78 is 6.06. The van der Waals surface area contributed by atoms with Gasteiger partial charge >= 0.3 is 0 Å². The Hall–Kier alpha value is -7.14. The van der Waals surface area contributed by atoms with Crippen LogP contribution in [0.15, 0.2) is 205 Å². The molecular formula is C52H45N3O. The first-order valence-corrected chi connectivity index (χ1v) is 18.5. The fraction of sp³-hybridized carbons (Fsp3) is 0.0385. The number of hydrogen-bond acceptors (Lipinski definition) is 4. The van der Waals surface area contributed by atoms with Crippen LogP contribution in [-0.2, 0) is 6.54 Å². The van der Waals surface area contributed by atoms with Gasteiger partial charge in [-0.1, -0.05) is 181 Å². The Morgan fingerprint density at radius 2 is 0.964 bits per heavy atom. The van der Waals surface area contributed by atoms with Crippen molar-refractivity contribution < 1.29 is 4.42 Å². The van der Waals surface area contributed by atoms with Gasteiger partial charge in [0.1, 0.15) is 11.2 Å². The smallest absolute Gasteiger partial charge is 0.136 e. The van der Waals surface area contributed by atoms with Crippen LogP contribution in [0.1, 0.15) is 16.7 Å². The van der Waals surface area contributed by atoms with Crippen molar-refractivity contribution >= 4 is 34.9 Å². The lowest BCUT2D eigenvalue weighted by Crippen LogP contribution is -1.94. The summed E-state index contributed by atoms with van der Waals surface area (Å²) in [5.41, 5.74) is 19.9. The van der Waals surface area contributed by atoms with Crippen LogP contribution in [0.3, 0.4) is 0 Å². The number of aryl methyl sites for hydroxylation is 1. The number of rotatable bonds is 6. The predicted molar refractivity (Wildman–Crippen MR) is 239 cm³/mol. The highest BCUT2D eigenvalue weighted by atomic mass is 16.3. The third-order valence-corrected chi connectivity index (χ3v) is 9.44. The first kappa shape index (κ1) is 38.6. The van der Waals surface area contributed by atoms with Gasteiger partial charge in [-0.25, -0.2) is 0 Å². The van der Waals surface area contributed by atoms with E-state index in [1.165, 1.54) is 50.7 Å². The van der Waals surface area contributed by atoms with E-state index >= 15 is 0 Å². The van der Waals surface area contributed by atoms with Crippen LogP contribution in [0.25, 0.3) is 66.4 Å². The summed E-state index contributed by atoms with van der Waals surface area (Å²) in [5.74, 6) is 0. The maximum absolute atomic E-state index is 7.84. The molecule has 0 unspecified atom stereocenters. The van der Waals surface area contributed by atoms with E-state index < -0.39 is 0 Å². The zero-order valence-electron chi connectivity index (χ0n) is 31.5. The minimum absolute atomic E-state index is 0.640. The number of hydrogen-bond donors (Lipinski definition) is 3. The normalized spacial score (nSPS) is 10.2. The molecule has 0 saturated heterocycles. The van der Waals surface area contributed by atoms with Crippen LogP contribution in [0.4, 0.5) is 0 Å². The molecule has 0 saturated carbocycles. The van der Waals surface area contributed by atoms with E-state index in [1.807, 2.05) is 72.8 Å². The van der Waals surface area contributed by atoms with Crippen LogP contribution in [0, 0.1) is 17.7 Å². The van der Waals surface area contributed by atoms with Gasteiger partial charge in [-0.3, -0.25) is 0 Å². The molecule has 9 rings (SSSR count). The standard InChI is InChI=1S/C37H25NO.C7H9N.C7H8.CH3N/c38-24-31-12-7-15-36-37(31)34-23-30(20-21-35(34)39-36)29-11-6-10-28(22-29)25-16-18-27(19-17-25)33-14-5-4-13-32(33)26-8-2-1-3-9-26;8-6-7-4-2-1-3-5-7;1-7-5-3-2-4-6-7;1-2/h1-24,38H;1-5H,6,8H2;2-6H,1H3;2H,1H2. The van der Waals surface area contributed by atoms with Crippen molar-refractivity contribution in [3.05, 3.63) is 217 Å². The van der Waals surface area contributed by atoms with Crippen molar-refractivity contribution in [1.82, 2.24) is 0 Å². The monoisotopic (exact) mass is 727 g/mol. The lowest BCUT2D eigenvalue weighted by molar-refractivity contribution is 0.669. The van der Waals surface area contributed by atoms with Gasteiger partial charge < -0.3 is 21.0 Å². The Balaban J connectivity index is 0.000000259. The van der Waals surface area contributed by atoms with Crippen LogP contribution in [0.2, 0.25) is 0 Å². The molecule has 56 heavy (non-hydrogen) atoms. The van der Waals surface area contributed by atoms with Crippen LogP contribution >= 0.6 is 0 Å². The van der Waals surface area contributed by atoms with Crippen LogP contribution in [0.5, 0.6) is 0 Å². The van der Waals surface area contributed by atoms with Crippen molar-refractivity contribution in [2.75, 3.05) is 0 Å². The summed E-state index contributed by atoms with van der Waals surface area (Å²) in [6.07, 6.45) is 1.40. The molecular weight excluding hydrogens is 683 g/mol. The largest absolute Gasteiger partial charge is 0.456 e. The van der Waals surface area contributed by atoms with Crippen LogP contribution < -0.4 is 5.73 Å². The molecule has 0 radical (unpaired) electrons. The second kappa shape index (κ2) is 19.3. The first-order chi connectivity index (χ1) is 27.6. The fourth-order valence-electron chi connectivity index (χ4n) is 6.63. The second-order valence-corrected chi connectivity index (χ2v) is 13.1. The van der Waals surface area contributed by atoms with Gasteiger partial charge in [0.25, 0.3) is 0 Å². The summed E-state index contributed by atoms with van der Waals surface area (Å²) in [4.78, 5) is 0. The van der Waals surface area contributed by atoms with Crippen LogP contribution in [-0.4, -0.2) is 12.9 Å². The average molecular weight is 728 g/mol. The highest BCUT2D eigenvalue weighted by Crippen LogP contribution is 2.36. The molecule has 0 fully saturated rings. The molecule has 0 aliphatic heterocycles. The van der Waals surface area contributed by atoms with Gasteiger partial charge in [0, 0.05) is 29.1 Å². The summed E-state index contributed by atoms with van der Waals surface area (Å²) in [6.45, 7) is 5.22. The molecule has 0 amide bonds.